The number of hydrogen-bond acceptors (Lipinski definition) is 8. The summed E-state index contributed by atoms with van der Waals surface area (Å²) in [5, 5.41) is 14.7. The lowest BCUT2D eigenvalue weighted by atomic mass is 10.2. The SMILES string of the molecule is COc1cccc(NC(=O)CSc2nnc(N/N=C/c3ccccc3F)n2N)c1. The van der Waals surface area contributed by atoms with Crippen molar-refractivity contribution >= 4 is 35.5 Å². The van der Waals surface area contributed by atoms with Crippen LogP contribution in [0.25, 0.3) is 0 Å². The van der Waals surface area contributed by atoms with Gasteiger partial charge >= 0.3 is 0 Å². The number of nitrogens with one attached hydrogen (secondary N) is 2. The highest BCUT2D eigenvalue weighted by Gasteiger charge is 2.12. The van der Waals surface area contributed by atoms with Crippen molar-refractivity contribution in [3.8, 4) is 5.75 Å². The maximum absolute atomic E-state index is 13.5. The molecule has 1 heterocycles. The number of ether oxygens (including phenoxy) is 1. The highest BCUT2D eigenvalue weighted by atomic mass is 32.2. The van der Waals surface area contributed by atoms with Crippen LogP contribution < -0.4 is 21.3 Å². The van der Waals surface area contributed by atoms with Gasteiger partial charge in [-0.05, 0) is 18.2 Å². The minimum absolute atomic E-state index is 0.0744. The van der Waals surface area contributed by atoms with E-state index in [1.165, 1.54) is 12.3 Å². The average Bonchev–Trinajstić information content (AvgIpc) is 3.07. The summed E-state index contributed by atoms with van der Waals surface area (Å²) in [5.74, 6) is 6.13. The Labute approximate surface area is 170 Å². The Balaban J connectivity index is 1.54. The Bertz CT molecular complexity index is 1020. The van der Waals surface area contributed by atoms with Crippen LogP contribution in [0.1, 0.15) is 5.56 Å². The molecule has 0 radical (unpaired) electrons. The third kappa shape index (κ3) is 5.45. The van der Waals surface area contributed by atoms with Crippen LogP contribution in [0, 0.1) is 5.82 Å². The van der Waals surface area contributed by atoms with Crippen molar-refractivity contribution < 1.29 is 13.9 Å². The molecule has 0 atom stereocenters. The predicted molar refractivity (Wildman–Crippen MR) is 110 cm³/mol. The van der Waals surface area contributed by atoms with Crippen LogP contribution in [0.15, 0.2) is 58.8 Å². The number of nitrogens with zero attached hydrogens (tertiary/aromatic N) is 4. The van der Waals surface area contributed by atoms with Crippen molar-refractivity contribution in [2.45, 2.75) is 5.16 Å². The third-order valence-corrected chi connectivity index (χ3v) is 4.57. The molecule has 2 aromatic carbocycles. The van der Waals surface area contributed by atoms with Gasteiger partial charge in [-0.3, -0.25) is 4.79 Å². The normalized spacial score (nSPS) is 10.8. The molecule has 0 bridgehead atoms. The molecular formula is C18H18FN7O2S. The van der Waals surface area contributed by atoms with E-state index in [-0.39, 0.29) is 17.6 Å². The van der Waals surface area contributed by atoms with E-state index in [9.17, 15) is 9.18 Å². The summed E-state index contributed by atoms with van der Waals surface area (Å²) < 4.78 is 19.8. The van der Waals surface area contributed by atoms with Crippen molar-refractivity contribution in [3.63, 3.8) is 0 Å². The molecule has 3 aromatic rings. The van der Waals surface area contributed by atoms with Crippen molar-refractivity contribution in [1.82, 2.24) is 14.9 Å². The number of rotatable bonds is 8. The zero-order chi connectivity index (χ0) is 20.6. The Kier molecular flexibility index (Phi) is 6.63. The second-order valence-corrected chi connectivity index (χ2v) is 6.58. The number of hydrazone groups is 1. The van der Waals surface area contributed by atoms with E-state index in [2.05, 4.69) is 26.0 Å². The molecule has 9 nitrogen and oxygen atoms in total. The summed E-state index contributed by atoms with van der Waals surface area (Å²) in [6, 6.07) is 13.2. The van der Waals surface area contributed by atoms with Crippen molar-refractivity contribution in [2.24, 2.45) is 5.10 Å². The minimum atomic E-state index is -0.398. The second-order valence-electron chi connectivity index (χ2n) is 5.64. The maximum atomic E-state index is 13.5. The van der Waals surface area contributed by atoms with E-state index in [1.807, 2.05) is 0 Å². The Hall–Kier alpha value is -3.60. The highest BCUT2D eigenvalue weighted by Crippen LogP contribution is 2.19. The number of halogens is 1. The second kappa shape index (κ2) is 9.55. The van der Waals surface area contributed by atoms with Gasteiger partial charge in [0.15, 0.2) is 0 Å². The maximum Gasteiger partial charge on any atom is 0.264 e. The van der Waals surface area contributed by atoms with Crippen LogP contribution in [0.5, 0.6) is 5.75 Å². The fourth-order valence-electron chi connectivity index (χ4n) is 2.22. The van der Waals surface area contributed by atoms with Crippen LogP contribution in [0.2, 0.25) is 0 Å². The molecule has 0 saturated heterocycles. The fourth-order valence-corrected chi connectivity index (χ4v) is 2.88. The van der Waals surface area contributed by atoms with E-state index in [0.29, 0.717) is 22.2 Å². The predicted octanol–water partition coefficient (Wildman–Crippen LogP) is 2.32. The van der Waals surface area contributed by atoms with Crippen LogP contribution in [-0.2, 0) is 4.79 Å². The first-order valence-corrected chi connectivity index (χ1v) is 9.36. The molecule has 0 aliphatic carbocycles. The number of aromatic nitrogens is 3. The Morgan fingerprint density at radius 1 is 1.31 bits per heavy atom. The highest BCUT2D eigenvalue weighted by molar-refractivity contribution is 7.99. The largest absolute Gasteiger partial charge is 0.497 e. The molecule has 3 rings (SSSR count). The molecule has 29 heavy (non-hydrogen) atoms. The van der Waals surface area contributed by atoms with E-state index in [0.717, 1.165) is 16.4 Å². The summed E-state index contributed by atoms with van der Waals surface area (Å²) in [7, 11) is 1.55. The number of nitrogens with two attached hydrogens (primary N) is 1. The first-order chi connectivity index (χ1) is 14.1. The number of carbonyl (C=O) groups excluding carboxylic acids is 1. The van der Waals surface area contributed by atoms with Gasteiger partial charge in [0.05, 0.1) is 19.1 Å². The fraction of sp³-hybridized carbons (Fsp3) is 0.111. The molecule has 0 unspecified atom stereocenters. The molecule has 0 spiro atoms. The molecular weight excluding hydrogens is 397 g/mol. The van der Waals surface area contributed by atoms with Crippen LogP contribution in [0.4, 0.5) is 16.0 Å². The summed E-state index contributed by atoms with van der Waals surface area (Å²) in [5.41, 5.74) is 3.52. The lowest BCUT2D eigenvalue weighted by Crippen LogP contribution is -2.16. The molecule has 1 amide bonds. The standard InChI is InChI=1S/C18H18FN7O2S/c1-28-14-7-4-6-13(9-14)22-16(27)11-29-18-25-24-17(26(18)20)23-21-10-12-5-2-3-8-15(12)19/h2-10H,11,20H2,1H3,(H,22,27)(H,23,24)/b21-10+. The molecule has 150 valence electrons. The van der Waals surface area contributed by atoms with E-state index in [1.54, 1.807) is 49.6 Å². The first-order valence-electron chi connectivity index (χ1n) is 8.37. The van der Waals surface area contributed by atoms with Gasteiger partial charge in [0, 0.05) is 17.3 Å². The molecule has 0 fully saturated rings. The van der Waals surface area contributed by atoms with Gasteiger partial charge in [0.25, 0.3) is 5.95 Å². The quantitative estimate of drug-likeness (QED) is 0.223. The third-order valence-electron chi connectivity index (χ3n) is 3.62. The number of thioether (sulfide) groups is 1. The number of methoxy groups -OCH3 is 1. The number of amides is 1. The summed E-state index contributed by atoms with van der Waals surface area (Å²) >= 11 is 1.11. The average molecular weight is 415 g/mol. The van der Waals surface area contributed by atoms with E-state index in [4.69, 9.17) is 10.6 Å². The van der Waals surface area contributed by atoms with Gasteiger partial charge in [-0.15, -0.1) is 10.2 Å². The summed E-state index contributed by atoms with van der Waals surface area (Å²) in [4.78, 5) is 12.1. The summed E-state index contributed by atoms with van der Waals surface area (Å²) in [6.45, 7) is 0. The van der Waals surface area contributed by atoms with Crippen LogP contribution in [-0.4, -0.2) is 39.9 Å². The van der Waals surface area contributed by atoms with Crippen LogP contribution >= 0.6 is 11.8 Å². The topological polar surface area (TPSA) is 119 Å². The van der Waals surface area contributed by atoms with Crippen LogP contribution in [0.3, 0.4) is 0 Å². The van der Waals surface area contributed by atoms with Crippen molar-refractivity contribution in [2.75, 3.05) is 29.4 Å². The van der Waals surface area contributed by atoms with E-state index < -0.39 is 5.82 Å². The first kappa shape index (κ1) is 20.1. The minimum Gasteiger partial charge on any atom is -0.497 e. The number of anilines is 2. The molecule has 4 N–H and O–H groups in total. The lowest BCUT2D eigenvalue weighted by Gasteiger charge is -2.07. The molecule has 1 aromatic heterocycles. The lowest BCUT2D eigenvalue weighted by molar-refractivity contribution is -0.113. The van der Waals surface area contributed by atoms with Gasteiger partial charge in [0.2, 0.25) is 11.1 Å². The number of carbonyl (C=O) groups is 1. The van der Waals surface area contributed by atoms with Gasteiger partial charge in [0.1, 0.15) is 11.6 Å². The number of nitrogen functional groups attached to an aromatic ring is 1. The number of hydrogen-bond donors (Lipinski definition) is 3. The Morgan fingerprint density at radius 3 is 2.93 bits per heavy atom. The van der Waals surface area contributed by atoms with Gasteiger partial charge in [-0.1, -0.05) is 36.0 Å². The molecule has 0 saturated carbocycles. The molecule has 11 heteroatoms. The zero-order valence-electron chi connectivity index (χ0n) is 15.4. The molecule has 0 aliphatic rings. The monoisotopic (exact) mass is 415 g/mol. The van der Waals surface area contributed by atoms with Crippen molar-refractivity contribution in [1.29, 1.82) is 0 Å². The summed E-state index contributed by atoms with van der Waals surface area (Å²) in [6.07, 6.45) is 1.30. The van der Waals surface area contributed by atoms with Gasteiger partial charge in [-0.2, -0.15) is 5.10 Å². The zero-order valence-corrected chi connectivity index (χ0v) is 16.2. The van der Waals surface area contributed by atoms with Crippen molar-refractivity contribution in [3.05, 3.63) is 59.9 Å². The van der Waals surface area contributed by atoms with Gasteiger partial charge in [-0.25, -0.2) is 14.5 Å². The number of benzene rings is 2. The smallest absolute Gasteiger partial charge is 0.264 e. The van der Waals surface area contributed by atoms with Gasteiger partial charge < -0.3 is 15.9 Å². The molecule has 0 aliphatic heterocycles. The van der Waals surface area contributed by atoms with E-state index >= 15 is 0 Å². The Morgan fingerprint density at radius 2 is 2.14 bits per heavy atom.